The lowest BCUT2D eigenvalue weighted by molar-refractivity contribution is -0.121. The molecule has 1 unspecified atom stereocenters. The van der Waals surface area contributed by atoms with E-state index in [2.05, 4.69) is 26.3 Å². The minimum Gasteiger partial charge on any atom is -0.497 e. The lowest BCUT2D eigenvalue weighted by Crippen LogP contribution is -2.32. The highest BCUT2D eigenvalue weighted by molar-refractivity contribution is 5.87. The number of methoxy groups -OCH3 is 1. The molecule has 1 atom stereocenters. The molecule has 0 spiro atoms. The van der Waals surface area contributed by atoms with Crippen molar-refractivity contribution in [1.29, 1.82) is 5.26 Å². The fraction of sp³-hybridized carbons (Fsp3) is 0.429. The monoisotopic (exact) mass is 379 g/mol. The SMILES string of the molecule is COc1cccc(CNC(=O)C(C#N)c2nccnc2N2CCCCCC2)c1. The number of carbonyl (C=O) groups excluding carboxylic acids is 1. The van der Waals surface area contributed by atoms with Gasteiger partial charge in [0.15, 0.2) is 11.7 Å². The molecular formula is C21H25N5O2. The molecule has 1 aromatic heterocycles. The number of rotatable bonds is 6. The number of nitriles is 1. The quantitative estimate of drug-likeness (QED) is 0.830. The normalized spacial score (nSPS) is 15.2. The smallest absolute Gasteiger partial charge is 0.243 e. The Morgan fingerprint density at radius 2 is 2.00 bits per heavy atom. The van der Waals surface area contributed by atoms with Gasteiger partial charge in [0.25, 0.3) is 0 Å². The topological polar surface area (TPSA) is 91.1 Å². The molecular weight excluding hydrogens is 354 g/mol. The van der Waals surface area contributed by atoms with Gasteiger partial charge in [-0.05, 0) is 30.5 Å². The van der Waals surface area contributed by atoms with E-state index in [4.69, 9.17) is 4.74 Å². The van der Waals surface area contributed by atoms with Crippen LogP contribution in [0.2, 0.25) is 0 Å². The summed E-state index contributed by atoms with van der Waals surface area (Å²) in [6.07, 6.45) is 7.69. The Morgan fingerprint density at radius 1 is 1.25 bits per heavy atom. The summed E-state index contributed by atoms with van der Waals surface area (Å²) >= 11 is 0. The maximum Gasteiger partial charge on any atom is 0.243 e. The summed E-state index contributed by atoms with van der Waals surface area (Å²) in [4.78, 5) is 23.7. The lowest BCUT2D eigenvalue weighted by atomic mass is 10.0. The molecule has 2 aromatic rings. The third-order valence-electron chi connectivity index (χ3n) is 4.88. The zero-order valence-electron chi connectivity index (χ0n) is 16.1. The Bertz CT molecular complexity index is 841. The number of carbonyl (C=O) groups is 1. The molecule has 1 saturated heterocycles. The first-order valence-corrected chi connectivity index (χ1v) is 9.59. The van der Waals surface area contributed by atoms with Crippen LogP contribution in [-0.4, -0.2) is 36.1 Å². The van der Waals surface area contributed by atoms with Gasteiger partial charge in [-0.1, -0.05) is 25.0 Å². The zero-order valence-corrected chi connectivity index (χ0v) is 16.1. The van der Waals surface area contributed by atoms with Crippen molar-refractivity contribution in [2.24, 2.45) is 0 Å². The van der Waals surface area contributed by atoms with Gasteiger partial charge in [-0.15, -0.1) is 0 Å². The van der Waals surface area contributed by atoms with Gasteiger partial charge in [0, 0.05) is 32.0 Å². The molecule has 1 aromatic carbocycles. The fourth-order valence-electron chi connectivity index (χ4n) is 3.39. The van der Waals surface area contributed by atoms with E-state index >= 15 is 0 Å². The second-order valence-electron chi connectivity index (χ2n) is 6.80. The molecule has 2 heterocycles. The highest BCUT2D eigenvalue weighted by Gasteiger charge is 2.27. The first kappa shape index (κ1) is 19.6. The minimum atomic E-state index is -1.00. The Morgan fingerprint density at radius 3 is 2.71 bits per heavy atom. The number of benzene rings is 1. The van der Waals surface area contributed by atoms with Crippen molar-refractivity contribution in [2.45, 2.75) is 38.1 Å². The van der Waals surface area contributed by atoms with Crippen LogP contribution in [0.1, 0.15) is 42.9 Å². The highest BCUT2D eigenvalue weighted by Crippen LogP contribution is 2.26. The number of aromatic nitrogens is 2. The number of anilines is 1. The molecule has 0 aliphatic carbocycles. The average molecular weight is 379 g/mol. The molecule has 1 fully saturated rings. The fourth-order valence-corrected chi connectivity index (χ4v) is 3.39. The average Bonchev–Trinajstić information content (AvgIpc) is 3.03. The summed E-state index contributed by atoms with van der Waals surface area (Å²) in [6.45, 7) is 2.05. The molecule has 7 nitrogen and oxygen atoms in total. The van der Waals surface area contributed by atoms with E-state index in [9.17, 15) is 10.1 Å². The van der Waals surface area contributed by atoms with Crippen molar-refractivity contribution < 1.29 is 9.53 Å². The summed E-state index contributed by atoms with van der Waals surface area (Å²) < 4.78 is 5.20. The van der Waals surface area contributed by atoms with Crippen molar-refractivity contribution in [1.82, 2.24) is 15.3 Å². The van der Waals surface area contributed by atoms with E-state index in [1.54, 1.807) is 13.3 Å². The third-order valence-corrected chi connectivity index (χ3v) is 4.88. The van der Waals surface area contributed by atoms with E-state index in [1.807, 2.05) is 24.3 Å². The number of hydrogen-bond donors (Lipinski definition) is 1. The van der Waals surface area contributed by atoms with Crippen molar-refractivity contribution in [3.8, 4) is 11.8 Å². The Kier molecular flexibility index (Phi) is 6.79. The van der Waals surface area contributed by atoms with Crippen molar-refractivity contribution in [3.63, 3.8) is 0 Å². The highest BCUT2D eigenvalue weighted by atomic mass is 16.5. The predicted molar refractivity (Wildman–Crippen MR) is 106 cm³/mol. The number of nitrogens with zero attached hydrogens (tertiary/aromatic N) is 4. The molecule has 1 aliphatic heterocycles. The van der Waals surface area contributed by atoms with Crippen molar-refractivity contribution in [2.75, 3.05) is 25.1 Å². The van der Waals surface area contributed by atoms with Crippen LogP contribution in [-0.2, 0) is 11.3 Å². The number of nitrogens with one attached hydrogen (secondary N) is 1. The molecule has 0 radical (unpaired) electrons. The van der Waals surface area contributed by atoms with Crippen LogP contribution >= 0.6 is 0 Å². The summed E-state index contributed by atoms with van der Waals surface area (Å²) in [5.74, 6) is -0.00658. The molecule has 1 N–H and O–H groups in total. The zero-order chi connectivity index (χ0) is 19.8. The molecule has 1 amide bonds. The van der Waals surface area contributed by atoms with E-state index in [-0.39, 0.29) is 5.91 Å². The van der Waals surface area contributed by atoms with Gasteiger partial charge in [-0.3, -0.25) is 9.78 Å². The number of ether oxygens (including phenoxy) is 1. The Labute approximate surface area is 165 Å². The molecule has 1 aliphatic rings. The van der Waals surface area contributed by atoms with E-state index in [0.717, 1.165) is 37.2 Å². The van der Waals surface area contributed by atoms with E-state index in [1.165, 1.54) is 19.0 Å². The summed E-state index contributed by atoms with van der Waals surface area (Å²) in [7, 11) is 1.60. The standard InChI is InChI=1S/C21H25N5O2/c1-28-17-8-6-7-16(13-17)15-25-21(27)18(14-22)19-20(24-10-9-23-19)26-11-4-2-3-5-12-26/h6-10,13,18H,2-5,11-12,15H2,1H3,(H,25,27). The summed E-state index contributed by atoms with van der Waals surface area (Å²) in [5.41, 5.74) is 1.33. The van der Waals surface area contributed by atoms with Crippen LogP contribution in [0.3, 0.4) is 0 Å². The van der Waals surface area contributed by atoms with Gasteiger partial charge < -0.3 is 15.0 Å². The molecule has 0 saturated carbocycles. The van der Waals surface area contributed by atoms with E-state index < -0.39 is 5.92 Å². The van der Waals surface area contributed by atoms with Crippen molar-refractivity contribution in [3.05, 3.63) is 47.9 Å². The first-order chi connectivity index (χ1) is 13.7. The number of amides is 1. The summed E-state index contributed by atoms with van der Waals surface area (Å²) in [5, 5.41) is 12.5. The van der Waals surface area contributed by atoms with Crippen LogP contribution in [0.15, 0.2) is 36.7 Å². The second-order valence-corrected chi connectivity index (χ2v) is 6.80. The minimum absolute atomic E-state index is 0.313. The van der Waals surface area contributed by atoms with Crippen molar-refractivity contribution >= 4 is 11.7 Å². The van der Waals surface area contributed by atoms with Crippen LogP contribution in [0, 0.1) is 11.3 Å². The number of hydrogen-bond acceptors (Lipinski definition) is 6. The third kappa shape index (κ3) is 4.77. The largest absolute Gasteiger partial charge is 0.497 e. The maximum atomic E-state index is 12.8. The summed E-state index contributed by atoms with van der Waals surface area (Å²) in [6, 6.07) is 9.56. The van der Waals surface area contributed by atoms with Crippen LogP contribution in [0.25, 0.3) is 0 Å². The van der Waals surface area contributed by atoms with Crippen LogP contribution < -0.4 is 15.0 Å². The second kappa shape index (κ2) is 9.70. The van der Waals surface area contributed by atoms with Gasteiger partial charge >= 0.3 is 0 Å². The lowest BCUT2D eigenvalue weighted by Gasteiger charge is -2.24. The van der Waals surface area contributed by atoms with Gasteiger partial charge in [-0.25, -0.2) is 4.98 Å². The molecule has 3 rings (SSSR count). The van der Waals surface area contributed by atoms with E-state index in [0.29, 0.717) is 18.1 Å². The predicted octanol–water partition coefficient (Wildman–Crippen LogP) is 2.79. The van der Waals surface area contributed by atoms with Gasteiger partial charge in [0.05, 0.1) is 13.2 Å². The van der Waals surface area contributed by atoms with Gasteiger partial charge in [-0.2, -0.15) is 5.26 Å². The van der Waals surface area contributed by atoms with Crippen LogP contribution in [0.5, 0.6) is 5.75 Å². The van der Waals surface area contributed by atoms with Gasteiger partial charge in [0.1, 0.15) is 11.4 Å². The first-order valence-electron chi connectivity index (χ1n) is 9.59. The molecule has 146 valence electrons. The Balaban J connectivity index is 1.75. The van der Waals surface area contributed by atoms with Crippen LogP contribution in [0.4, 0.5) is 5.82 Å². The Hall–Kier alpha value is -3.14. The maximum absolute atomic E-state index is 12.8. The van der Waals surface area contributed by atoms with Gasteiger partial charge in [0.2, 0.25) is 5.91 Å². The molecule has 7 heteroatoms. The molecule has 0 bridgehead atoms. The molecule has 28 heavy (non-hydrogen) atoms.